The van der Waals surface area contributed by atoms with E-state index in [0.29, 0.717) is 0 Å². The lowest BCUT2D eigenvalue weighted by Crippen LogP contribution is -2.16. The summed E-state index contributed by atoms with van der Waals surface area (Å²) in [5.41, 5.74) is 1.17. The predicted molar refractivity (Wildman–Crippen MR) is 65.1 cm³/mol. The van der Waals surface area contributed by atoms with Crippen LogP contribution in [0.1, 0.15) is 5.56 Å². The molecule has 0 aliphatic carbocycles. The van der Waals surface area contributed by atoms with Gasteiger partial charge in [-0.1, -0.05) is 28.1 Å². The largest absolute Gasteiger partial charge is 0.329 e. The van der Waals surface area contributed by atoms with E-state index in [4.69, 9.17) is 0 Å². The van der Waals surface area contributed by atoms with Crippen molar-refractivity contribution in [3.8, 4) is 0 Å². The average molecular weight is 256 g/mol. The van der Waals surface area contributed by atoms with E-state index in [0.717, 1.165) is 4.47 Å². The Morgan fingerprint density at radius 3 is 2.15 bits per heavy atom. The molecule has 0 amide bonds. The summed E-state index contributed by atoms with van der Waals surface area (Å²) >= 11 is 3.40. The fourth-order valence-corrected chi connectivity index (χ4v) is 1.62. The summed E-state index contributed by atoms with van der Waals surface area (Å²) in [7, 11) is -1.30. The quantitative estimate of drug-likeness (QED) is 0.565. The van der Waals surface area contributed by atoms with Gasteiger partial charge in [-0.2, -0.15) is 0 Å². The summed E-state index contributed by atoms with van der Waals surface area (Å²) in [5.74, 6) is 0. The van der Waals surface area contributed by atoms with E-state index in [2.05, 4.69) is 52.4 Å². The molecule has 0 spiro atoms. The molecule has 0 saturated carbocycles. The maximum atomic E-state index is 4.56. The van der Waals surface area contributed by atoms with Crippen LogP contribution in [-0.4, -0.2) is 14.5 Å². The van der Waals surface area contributed by atoms with Gasteiger partial charge in [0, 0.05) is 10.7 Å². The minimum absolute atomic E-state index is 1.11. The molecule has 0 aromatic heterocycles. The van der Waals surface area contributed by atoms with Gasteiger partial charge >= 0.3 is 0 Å². The fourth-order valence-electron chi connectivity index (χ4n) is 0.817. The maximum Gasteiger partial charge on any atom is 0.172 e. The number of nitrogens with zero attached hydrogens (tertiary/aromatic N) is 1. The number of benzene rings is 1. The summed E-state index contributed by atoms with van der Waals surface area (Å²) in [6.07, 6.45) is 1.97. The van der Waals surface area contributed by atoms with Gasteiger partial charge in [0.2, 0.25) is 0 Å². The SMILES string of the molecule is C[Si](C)(C)N=Cc1ccc(Br)cc1. The van der Waals surface area contributed by atoms with E-state index in [1.54, 1.807) is 0 Å². The first-order valence-corrected chi connectivity index (χ1v) is 8.52. The van der Waals surface area contributed by atoms with Gasteiger partial charge in [0.15, 0.2) is 8.24 Å². The normalized spacial score (nSPS) is 12.3. The minimum atomic E-state index is -1.30. The molecule has 1 aromatic rings. The number of hydrogen-bond donors (Lipinski definition) is 0. The van der Waals surface area contributed by atoms with Crippen LogP contribution in [-0.2, 0) is 0 Å². The molecular formula is C10H14BrNSi. The van der Waals surface area contributed by atoms with Crippen LogP contribution in [0.3, 0.4) is 0 Å². The van der Waals surface area contributed by atoms with E-state index < -0.39 is 8.24 Å². The molecule has 0 fully saturated rings. The van der Waals surface area contributed by atoms with Crippen molar-refractivity contribution in [1.29, 1.82) is 0 Å². The van der Waals surface area contributed by atoms with Crippen molar-refractivity contribution in [2.75, 3.05) is 0 Å². The van der Waals surface area contributed by atoms with Crippen LogP contribution in [0.4, 0.5) is 0 Å². The Labute approximate surface area is 89.1 Å². The van der Waals surface area contributed by atoms with Crippen molar-refractivity contribution in [2.45, 2.75) is 19.6 Å². The van der Waals surface area contributed by atoms with Crippen molar-refractivity contribution in [3.63, 3.8) is 0 Å². The first kappa shape index (κ1) is 10.7. The number of hydrogen-bond acceptors (Lipinski definition) is 1. The highest BCUT2D eigenvalue weighted by Gasteiger charge is 2.08. The molecule has 70 valence electrons. The smallest absolute Gasteiger partial charge is 0.172 e. The molecule has 0 saturated heterocycles. The van der Waals surface area contributed by atoms with Crippen LogP contribution >= 0.6 is 15.9 Å². The van der Waals surface area contributed by atoms with Crippen LogP contribution in [0, 0.1) is 0 Å². The summed E-state index contributed by atoms with van der Waals surface area (Å²) in [6.45, 7) is 6.67. The molecule has 0 heterocycles. The zero-order chi connectivity index (χ0) is 9.90. The summed E-state index contributed by atoms with van der Waals surface area (Å²) in [4.78, 5) is 0. The second-order valence-corrected chi connectivity index (χ2v) is 9.50. The Balaban J connectivity index is 2.75. The van der Waals surface area contributed by atoms with Crippen LogP contribution in [0.25, 0.3) is 0 Å². The number of rotatable bonds is 2. The van der Waals surface area contributed by atoms with Crippen LogP contribution in [0.2, 0.25) is 19.6 Å². The lowest BCUT2D eigenvalue weighted by atomic mass is 10.2. The molecule has 13 heavy (non-hydrogen) atoms. The topological polar surface area (TPSA) is 12.4 Å². The highest BCUT2D eigenvalue weighted by atomic mass is 79.9. The summed E-state index contributed by atoms with van der Waals surface area (Å²) in [5, 5.41) is 0. The Hall–Kier alpha value is -0.413. The van der Waals surface area contributed by atoms with Gasteiger partial charge in [0.05, 0.1) is 0 Å². The molecule has 1 rings (SSSR count). The van der Waals surface area contributed by atoms with E-state index >= 15 is 0 Å². The van der Waals surface area contributed by atoms with Crippen LogP contribution in [0.15, 0.2) is 33.4 Å². The third-order valence-electron chi connectivity index (χ3n) is 1.47. The molecule has 1 aromatic carbocycles. The van der Waals surface area contributed by atoms with Crippen molar-refractivity contribution in [2.24, 2.45) is 4.66 Å². The first-order valence-electron chi connectivity index (χ1n) is 4.28. The fraction of sp³-hybridized carbons (Fsp3) is 0.300. The van der Waals surface area contributed by atoms with Gasteiger partial charge in [-0.3, -0.25) is 0 Å². The standard InChI is InChI=1S/C10H14BrNSi/c1-13(2,3)12-8-9-4-6-10(11)7-5-9/h4-8H,1-3H3. The highest BCUT2D eigenvalue weighted by molar-refractivity contribution is 9.10. The molecule has 0 unspecified atom stereocenters. The Kier molecular flexibility index (Phi) is 3.45. The van der Waals surface area contributed by atoms with Crippen molar-refractivity contribution in [3.05, 3.63) is 34.3 Å². The summed E-state index contributed by atoms with van der Waals surface area (Å²) in [6, 6.07) is 8.19. The Morgan fingerprint density at radius 2 is 1.69 bits per heavy atom. The summed E-state index contributed by atoms with van der Waals surface area (Å²) < 4.78 is 5.66. The Bertz CT molecular complexity index is 298. The lowest BCUT2D eigenvalue weighted by molar-refractivity contribution is 1.55. The third-order valence-corrected chi connectivity index (χ3v) is 2.90. The molecule has 0 atom stereocenters. The maximum absolute atomic E-state index is 4.56. The molecule has 0 bridgehead atoms. The van der Waals surface area contributed by atoms with Gasteiger partial charge < -0.3 is 4.66 Å². The second-order valence-electron chi connectivity index (χ2n) is 3.98. The first-order chi connectivity index (χ1) is 5.97. The zero-order valence-corrected chi connectivity index (χ0v) is 10.8. The van der Waals surface area contributed by atoms with Crippen LogP contribution < -0.4 is 0 Å². The van der Waals surface area contributed by atoms with Crippen molar-refractivity contribution < 1.29 is 0 Å². The third kappa shape index (κ3) is 4.38. The molecule has 0 N–H and O–H groups in total. The molecule has 0 radical (unpaired) electrons. The average Bonchev–Trinajstić information content (AvgIpc) is 2.02. The highest BCUT2D eigenvalue weighted by Crippen LogP contribution is 2.10. The molecule has 1 nitrogen and oxygen atoms in total. The van der Waals surface area contributed by atoms with E-state index in [-0.39, 0.29) is 0 Å². The van der Waals surface area contributed by atoms with E-state index in [1.807, 2.05) is 18.3 Å². The van der Waals surface area contributed by atoms with Crippen molar-refractivity contribution >= 4 is 30.4 Å². The molecule has 0 aliphatic rings. The Morgan fingerprint density at radius 1 is 1.15 bits per heavy atom. The zero-order valence-electron chi connectivity index (χ0n) is 8.21. The van der Waals surface area contributed by atoms with Crippen LogP contribution in [0.5, 0.6) is 0 Å². The molecule has 0 aliphatic heterocycles. The minimum Gasteiger partial charge on any atom is -0.329 e. The van der Waals surface area contributed by atoms with E-state index in [9.17, 15) is 0 Å². The van der Waals surface area contributed by atoms with Gasteiger partial charge in [-0.25, -0.2) is 0 Å². The van der Waals surface area contributed by atoms with Crippen molar-refractivity contribution in [1.82, 2.24) is 0 Å². The number of halogens is 1. The predicted octanol–water partition coefficient (Wildman–Crippen LogP) is 3.70. The second kappa shape index (κ2) is 4.20. The van der Waals surface area contributed by atoms with Gasteiger partial charge in [-0.05, 0) is 37.3 Å². The van der Waals surface area contributed by atoms with Gasteiger partial charge in [-0.15, -0.1) is 0 Å². The lowest BCUT2D eigenvalue weighted by Gasteiger charge is -2.07. The van der Waals surface area contributed by atoms with E-state index in [1.165, 1.54) is 5.56 Å². The van der Waals surface area contributed by atoms with Gasteiger partial charge in [0.1, 0.15) is 0 Å². The van der Waals surface area contributed by atoms with Gasteiger partial charge in [0.25, 0.3) is 0 Å². The monoisotopic (exact) mass is 255 g/mol. The molecular weight excluding hydrogens is 242 g/mol. The molecule has 3 heteroatoms.